The molecule has 2 heterocycles. The maximum atomic E-state index is 12.0. The number of rotatable bonds is 1. The molecule has 0 bridgehead atoms. The molecule has 3 heteroatoms. The molecule has 1 aliphatic heterocycles. The molecule has 0 radical (unpaired) electrons. The summed E-state index contributed by atoms with van der Waals surface area (Å²) in [5.41, 5.74) is 1.86. The van der Waals surface area contributed by atoms with E-state index in [0.29, 0.717) is 5.92 Å². The summed E-state index contributed by atoms with van der Waals surface area (Å²) >= 11 is 0. The molecule has 1 aromatic heterocycles. The van der Waals surface area contributed by atoms with Gasteiger partial charge in [-0.25, -0.2) is 4.98 Å². The van der Waals surface area contributed by atoms with E-state index >= 15 is 0 Å². The van der Waals surface area contributed by atoms with E-state index < -0.39 is 0 Å². The second kappa shape index (κ2) is 3.84. The van der Waals surface area contributed by atoms with Crippen molar-refractivity contribution in [3.8, 4) is 11.3 Å². The fourth-order valence-electron chi connectivity index (χ4n) is 2.35. The number of aromatic nitrogens is 2. The molecule has 0 fully saturated rings. The molecule has 86 valence electrons. The van der Waals surface area contributed by atoms with Crippen LogP contribution in [0.15, 0.2) is 41.2 Å². The van der Waals surface area contributed by atoms with Crippen LogP contribution in [0.1, 0.15) is 12.7 Å². The first-order valence-corrected chi connectivity index (χ1v) is 5.90. The van der Waals surface area contributed by atoms with Crippen LogP contribution < -0.4 is 5.56 Å². The minimum absolute atomic E-state index is 0.0678. The van der Waals surface area contributed by atoms with Crippen LogP contribution in [0.4, 0.5) is 0 Å². The first kappa shape index (κ1) is 10.3. The van der Waals surface area contributed by atoms with Gasteiger partial charge in [0, 0.05) is 24.6 Å². The van der Waals surface area contributed by atoms with Gasteiger partial charge in [0.15, 0.2) is 0 Å². The maximum absolute atomic E-state index is 12.0. The summed E-state index contributed by atoms with van der Waals surface area (Å²) < 4.78 is 1.79. The minimum Gasteiger partial charge on any atom is -0.296 e. The number of nitrogens with zero attached hydrogens (tertiary/aromatic N) is 2. The zero-order chi connectivity index (χ0) is 11.8. The molecular formula is C14H14N2O. The lowest BCUT2D eigenvalue weighted by molar-refractivity contribution is 0.557. The molecule has 0 spiro atoms. The predicted molar refractivity (Wildman–Crippen MR) is 66.8 cm³/mol. The molecule has 1 aliphatic rings. The van der Waals surface area contributed by atoms with Gasteiger partial charge in [-0.3, -0.25) is 9.36 Å². The summed E-state index contributed by atoms with van der Waals surface area (Å²) in [7, 11) is 0. The fourth-order valence-corrected chi connectivity index (χ4v) is 2.35. The summed E-state index contributed by atoms with van der Waals surface area (Å²) in [6.07, 6.45) is 0.899. The normalized spacial score (nSPS) is 18.1. The first-order valence-electron chi connectivity index (χ1n) is 5.90. The smallest absolute Gasteiger partial charge is 0.254 e. The lowest BCUT2D eigenvalue weighted by atomic mass is 10.1. The average molecular weight is 226 g/mol. The van der Waals surface area contributed by atoms with Crippen molar-refractivity contribution in [2.45, 2.75) is 19.9 Å². The van der Waals surface area contributed by atoms with Gasteiger partial charge in [0.2, 0.25) is 0 Å². The molecule has 3 nitrogen and oxygen atoms in total. The standard InChI is InChI=1S/C14H14N2O/c1-10-7-13-15-12(8-14(17)16(13)9-10)11-5-3-2-4-6-11/h2-6,8,10H,7,9H2,1H3/t10-/m1/s1. The Morgan fingerprint density at radius 2 is 2.06 bits per heavy atom. The van der Waals surface area contributed by atoms with Gasteiger partial charge in [0.25, 0.3) is 5.56 Å². The zero-order valence-corrected chi connectivity index (χ0v) is 9.76. The second-order valence-electron chi connectivity index (χ2n) is 4.68. The van der Waals surface area contributed by atoms with Gasteiger partial charge in [-0.2, -0.15) is 0 Å². The van der Waals surface area contributed by atoms with Crippen LogP contribution in [0.3, 0.4) is 0 Å². The summed E-state index contributed by atoms with van der Waals surface area (Å²) in [4.78, 5) is 16.6. The van der Waals surface area contributed by atoms with Crippen LogP contribution in [0.25, 0.3) is 11.3 Å². The Morgan fingerprint density at radius 1 is 1.29 bits per heavy atom. The molecule has 1 aromatic carbocycles. The number of fused-ring (bicyclic) bond motifs is 1. The van der Waals surface area contributed by atoms with Crippen LogP contribution >= 0.6 is 0 Å². The van der Waals surface area contributed by atoms with Crippen molar-refractivity contribution in [3.05, 3.63) is 52.6 Å². The van der Waals surface area contributed by atoms with E-state index in [9.17, 15) is 4.79 Å². The molecule has 3 rings (SSSR count). The molecule has 0 N–H and O–H groups in total. The summed E-state index contributed by atoms with van der Waals surface area (Å²) in [5.74, 6) is 1.44. The molecule has 0 saturated carbocycles. The highest BCUT2D eigenvalue weighted by atomic mass is 16.1. The molecule has 2 aromatic rings. The fraction of sp³-hybridized carbons (Fsp3) is 0.286. The van der Waals surface area contributed by atoms with Crippen LogP contribution in [0.5, 0.6) is 0 Å². The van der Waals surface area contributed by atoms with Crippen LogP contribution in [0.2, 0.25) is 0 Å². The molecule has 1 atom stereocenters. The molecule has 0 amide bonds. The first-order chi connectivity index (χ1) is 8.24. The van der Waals surface area contributed by atoms with Gasteiger partial charge in [-0.1, -0.05) is 37.3 Å². The average Bonchev–Trinajstić information content (AvgIpc) is 2.71. The quantitative estimate of drug-likeness (QED) is 0.746. The monoisotopic (exact) mass is 226 g/mol. The van der Waals surface area contributed by atoms with E-state index in [1.165, 1.54) is 0 Å². The van der Waals surface area contributed by atoms with Crippen molar-refractivity contribution in [1.29, 1.82) is 0 Å². The predicted octanol–water partition coefficient (Wildman–Crippen LogP) is 2.10. The zero-order valence-electron chi connectivity index (χ0n) is 9.76. The number of hydrogen-bond donors (Lipinski definition) is 0. The topological polar surface area (TPSA) is 34.9 Å². The van der Waals surface area contributed by atoms with Gasteiger partial charge in [0.05, 0.1) is 5.69 Å². The second-order valence-corrected chi connectivity index (χ2v) is 4.68. The highest BCUT2D eigenvalue weighted by molar-refractivity contribution is 5.58. The van der Waals surface area contributed by atoms with Crippen molar-refractivity contribution in [2.24, 2.45) is 5.92 Å². The number of benzene rings is 1. The van der Waals surface area contributed by atoms with Gasteiger partial charge in [0.1, 0.15) is 5.82 Å². The Morgan fingerprint density at radius 3 is 2.82 bits per heavy atom. The van der Waals surface area contributed by atoms with Crippen molar-refractivity contribution in [1.82, 2.24) is 9.55 Å². The Bertz CT molecular complexity index is 601. The van der Waals surface area contributed by atoms with Crippen LogP contribution in [0, 0.1) is 5.92 Å². The Balaban J connectivity index is 2.14. The van der Waals surface area contributed by atoms with E-state index in [1.54, 1.807) is 10.6 Å². The van der Waals surface area contributed by atoms with Gasteiger partial charge >= 0.3 is 0 Å². The van der Waals surface area contributed by atoms with E-state index in [-0.39, 0.29) is 5.56 Å². The summed E-state index contributed by atoms with van der Waals surface area (Å²) in [6.45, 7) is 2.95. The third-order valence-electron chi connectivity index (χ3n) is 3.18. The molecular weight excluding hydrogens is 212 g/mol. The third kappa shape index (κ3) is 1.78. The SMILES string of the molecule is C[C@@H]1Cc2nc(-c3ccccc3)cc(=O)n2C1. The third-order valence-corrected chi connectivity index (χ3v) is 3.18. The highest BCUT2D eigenvalue weighted by Crippen LogP contribution is 2.20. The lowest BCUT2D eigenvalue weighted by Crippen LogP contribution is -2.20. The van der Waals surface area contributed by atoms with E-state index in [1.807, 2.05) is 30.3 Å². The Labute approximate surface area is 99.8 Å². The maximum Gasteiger partial charge on any atom is 0.254 e. The van der Waals surface area contributed by atoms with Crippen molar-refractivity contribution >= 4 is 0 Å². The molecule has 0 saturated heterocycles. The van der Waals surface area contributed by atoms with Crippen molar-refractivity contribution in [2.75, 3.05) is 0 Å². The lowest BCUT2D eigenvalue weighted by Gasteiger charge is -2.05. The number of hydrogen-bond acceptors (Lipinski definition) is 2. The van der Waals surface area contributed by atoms with Crippen molar-refractivity contribution in [3.63, 3.8) is 0 Å². The van der Waals surface area contributed by atoms with Crippen LogP contribution in [-0.2, 0) is 13.0 Å². The highest BCUT2D eigenvalue weighted by Gasteiger charge is 2.20. The van der Waals surface area contributed by atoms with Gasteiger partial charge in [-0.05, 0) is 5.92 Å². The van der Waals surface area contributed by atoms with E-state index in [0.717, 1.165) is 30.0 Å². The summed E-state index contributed by atoms with van der Waals surface area (Å²) in [5, 5.41) is 0. The Hall–Kier alpha value is -1.90. The van der Waals surface area contributed by atoms with E-state index in [2.05, 4.69) is 11.9 Å². The van der Waals surface area contributed by atoms with Crippen LogP contribution in [-0.4, -0.2) is 9.55 Å². The van der Waals surface area contributed by atoms with Gasteiger partial charge in [-0.15, -0.1) is 0 Å². The van der Waals surface area contributed by atoms with Crippen molar-refractivity contribution < 1.29 is 0 Å². The molecule has 17 heavy (non-hydrogen) atoms. The van der Waals surface area contributed by atoms with E-state index in [4.69, 9.17) is 0 Å². The minimum atomic E-state index is 0.0678. The molecule has 0 aliphatic carbocycles. The largest absolute Gasteiger partial charge is 0.296 e. The van der Waals surface area contributed by atoms with Gasteiger partial charge < -0.3 is 0 Å². The molecule has 0 unspecified atom stereocenters. The Kier molecular flexibility index (Phi) is 2.32. The summed E-state index contributed by atoms with van der Waals surface area (Å²) in [6, 6.07) is 11.5.